The zero-order chi connectivity index (χ0) is 8.97. The van der Waals surface area contributed by atoms with E-state index in [0.29, 0.717) is 6.04 Å². The quantitative estimate of drug-likeness (QED) is 0.628. The lowest BCUT2D eigenvalue weighted by atomic mass is 10.0. The van der Waals surface area contributed by atoms with Crippen LogP contribution in [-0.2, 0) is 4.79 Å². The summed E-state index contributed by atoms with van der Waals surface area (Å²) in [5, 5.41) is 8.63. The van der Waals surface area contributed by atoms with Gasteiger partial charge < -0.3 is 5.11 Å². The molecule has 0 aromatic heterocycles. The first-order chi connectivity index (χ1) is 5.74. The van der Waals surface area contributed by atoms with Crippen LogP contribution in [0, 0.1) is 0 Å². The molecular formula is C8H14INO2. The smallest absolute Gasteiger partial charge is 0.317 e. The fourth-order valence-corrected chi connectivity index (χ4v) is 2.61. The third-order valence-corrected chi connectivity index (χ3v) is 3.28. The Labute approximate surface area is 86.3 Å². The van der Waals surface area contributed by atoms with Gasteiger partial charge in [0.2, 0.25) is 0 Å². The molecule has 0 aromatic carbocycles. The molecule has 0 amide bonds. The first-order valence-electron chi connectivity index (χ1n) is 4.26. The highest BCUT2D eigenvalue weighted by Gasteiger charge is 2.22. The maximum absolute atomic E-state index is 10.5. The molecule has 1 aliphatic heterocycles. The Kier molecular flexibility index (Phi) is 4.28. The molecule has 1 saturated heterocycles. The van der Waals surface area contributed by atoms with Gasteiger partial charge >= 0.3 is 5.97 Å². The summed E-state index contributed by atoms with van der Waals surface area (Å²) in [6.45, 7) is 1.17. The highest BCUT2D eigenvalue weighted by molar-refractivity contribution is 14.1. The molecule has 4 heteroatoms. The van der Waals surface area contributed by atoms with Gasteiger partial charge in [-0.15, -0.1) is 0 Å². The Bertz CT molecular complexity index is 163. The van der Waals surface area contributed by atoms with E-state index in [2.05, 4.69) is 27.5 Å². The number of hydrogen-bond donors (Lipinski definition) is 1. The van der Waals surface area contributed by atoms with Crippen molar-refractivity contribution < 1.29 is 9.90 Å². The van der Waals surface area contributed by atoms with Gasteiger partial charge in [0.25, 0.3) is 0 Å². The van der Waals surface area contributed by atoms with Crippen LogP contribution in [0.5, 0.6) is 0 Å². The Hall–Kier alpha value is 0.160. The average Bonchev–Trinajstić information content (AvgIpc) is 2.04. The van der Waals surface area contributed by atoms with Crippen molar-refractivity contribution >= 4 is 28.6 Å². The van der Waals surface area contributed by atoms with E-state index < -0.39 is 5.97 Å². The van der Waals surface area contributed by atoms with Crippen molar-refractivity contribution in [2.24, 2.45) is 0 Å². The summed E-state index contributed by atoms with van der Waals surface area (Å²) in [5.41, 5.74) is 0. The molecule has 0 saturated carbocycles. The molecular weight excluding hydrogens is 269 g/mol. The first-order valence-corrected chi connectivity index (χ1v) is 5.78. The standard InChI is InChI=1S/C8H14INO2/c9-5-7-3-1-2-4-10(7)6-8(11)12/h7H,1-6H2,(H,11,12). The molecule has 1 heterocycles. The van der Waals surface area contributed by atoms with E-state index in [4.69, 9.17) is 5.11 Å². The first kappa shape index (κ1) is 10.2. The molecule has 0 aliphatic carbocycles. The van der Waals surface area contributed by atoms with Crippen molar-refractivity contribution in [3.63, 3.8) is 0 Å². The number of rotatable bonds is 3. The van der Waals surface area contributed by atoms with Crippen molar-refractivity contribution in [1.29, 1.82) is 0 Å². The summed E-state index contributed by atoms with van der Waals surface area (Å²) >= 11 is 2.33. The van der Waals surface area contributed by atoms with Crippen molar-refractivity contribution in [3.8, 4) is 0 Å². The van der Waals surface area contributed by atoms with Crippen LogP contribution >= 0.6 is 22.6 Å². The molecule has 0 aromatic rings. The molecule has 1 unspecified atom stereocenters. The highest BCUT2D eigenvalue weighted by atomic mass is 127. The van der Waals surface area contributed by atoms with Crippen LogP contribution in [0.15, 0.2) is 0 Å². The number of aliphatic carboxylic acids is 1. The fraction of sp³-hybridized carbons (Fsp3) is 0.875. The minimum atomic E-state index is -0.702. The Morgan fingerprint density at radius 2 is 2.33 bits per heavy atom. The van der Waals surface area contributed by atoms with Gasteiger partial charge in [-0.3, -0.25) is 9.69 Å². The molecule has 1 atom stereocenters. The number of halogens is 1. The summed E-state index contributed by atoms with van der Waals surface area (Å²) in [6.07, 6.45) is 3.57. The second-order valence-corrected chi connectivity index (χ2v) is 4.05. The number of carboxylic acid groups (broad SMARTS) is 1. The molecule has 12 heavy (non-hydrogen) atoms. The van der Waals surface area contributed by atoms with Gasteiger partial charge in [-0.1, -0.05) is 29.0 Å². The van der Waals surface area contributed by atoms with Crippen LogP contribution in [0.2, 0.25) is 0 Å². The summed E-state index contributed by atoms with van der Waals surface area (Å²) < 4.78 is 1.05. The summed E-state index contributed by atoms with van der Waals surface area (Å²) in [5.74, 6) is -0.702. The van der Waals surface area contributed by atoms with Gasteiger partial charge in [-0.05, 0) is 19.4 Å². The SMILES string of the molecule is O=C(O)CN1CCCCC1CI. The van der Waals surface area contributed by atoms with E-state index in [1.165, 1.54) is 6.42 Å². The van der Waals surface area contributed by atoms with E-state index in [-0.39, 0.29) is 6.54 Å². The van der Waals surface area contributed by atoms with Gasteiger partial charge in [0, 0.05) is 10.5 Å². The molecule has 1 N–H and O–H groups in total. The summed E-state index contributed by atoms with van der Waals surface area (Å²) in [4.78, 5) is 12.6. The van der Waals surface area contributed by atoms with Crippen LogP contribution in [0.3, 0.4) is 0 Å². The van der Waals surface area contributed by atoms with Crippen LogP contribution in [-0.4, -0.2) is 39.5 Å². The molecule has 0 spiro atoms. The highest BCUT2D eigenvalue weighted by Crippen LogP contribution is 2.17. The molecule has 1 rings (SSSR count). The molecule has 1 aliphatic rings. The van der Waals surface area contributed by atoms with Crippen LogP contribution in [0.25, 0.3) is 0 Å². The third kappa shape index (κ3) is 2.90. The monoisotopic (exact) mass is 283 g/mol. The van der Waals surface area contributed by atoms with Gasteiger partial charge in [-0.2, -0.15) is 0 Å². The molecule has 0 bridgehead atoms. The van der Waals surface area contributed by atoms with Crippen LogP contribution in [0.1, 0.15) is 19.3 Å². The zero-order valence-corrected chi connectivity index (χ0v) is 9.16. The predicted octanol–water partition coefficient (Wildman–Crippen LogP) is 1.36. The molecule has 70 valence electrons. The number of carbonyl (C=O) groups is 1. The second kappa shape index (κ2) is 5.01. The van der Waals surface area contributed by atoms with E-state index in [1.54, 1.807) is 0 Å². The number of piperidine rings is 1. The van der Waals surface area contributed by atoms with E-state index in [1.807, 2.05) is 0 Å². The van der Waals surface area contributed by atoms with Crippen LogP contribution < -0.4 is 0 Å². The summed E-state index contributed by atoms with van der Waals surface area (Å²) in [6, 6.07) is 0.496. The van der Waals surface area contributed by atoms with Crippen molar-refractivity contribution in [2.45, 2.75) is 25.3 Å². The van der Waals surface area contributed by atoms with Crippen molar-refractivity contribution in [2.75, 3.05) is 17.5 Å². The largest absolute Gasteiger partial charge is 0.480 e. The number of nitrogens with zero attached hydrogens (tertiary/aromatic N) is 1. The Morgan fingerprint density at radius 3 is 2.92 bits per heavy atom. The summed E-state index contributed by atoms with van der Waals surface area (Å²) in [7, 11) is 0. The Morgan fingerprint density at radius 1 is 1.58 bits per heavy atom. The number of alkyl halides is 1. The fourth-order valence-electron chi connectivity index (χ4n) is 1.62. The average molecular weight is 283 g/mol. The molecule has 0 radical (unpaired) electrons. The lowest BCUT2D eigenvalue weighted by molar-refractivity contribution is -0.139. The van der Waals surface area contributed by atoms with E-state index in [9.17, 15) is 4.79 Å². The van der Waals surface area contributed by atoms with Gasteiger partial charge in [0.15, 0.2) is 0 Å². The lowest BCUT2D eigenvalue weighted by Gasteiger charge is -2.33. The Balaban J connectivity index is 2.41. The van der Waals surface area contributed by atoms with E-state index in [0.717, 1.165) is 23.8 Å². The molecule has 3 nitrogen and oxygen atoms in total. The minimum absolute atomic E-state index is 0.216. The van der Waals surface area contributed by atoms with Crippen molar-refractivity contribution in [3.05, 3.63) is 0 Å². The van der Waals surface area contributed by atoms with E-state index >= 15 is 0 Å². The number of hydrogen-bond acceptors (Lipinski definition) is 2. The topological polar surface area (TPSA) is 40.5 Å². The third-order valence-electron chi connectivity index (χ3n) is 2.27. The maximum atomic E-state index is 10.5. The number of carboxylic acids is 1. The van der Waals surface area contributed by atoms with Gasteiger partial charge in [-0.25, -0.2) is 0 Å². The normalized spacial score (nSPS) is 25.6. The predicted molar refractivity (Wildman–Crippen MR) is 55.7 cm³/mol. The van der Waals surface area contributed by atoms with Crippen LogP contribution in [0.4, 0.5) is 0 Å². The van der Waals surface area contributed by atoms with Crippen molar-refractivity contribution in [1.82, 2.24) is 4.90 Å². The second-order valence-electron chi connectivity index (χ2n) is 3.17. The number of likely N-dealkylation sites (tertiary alicyclic amines) is 1. The molecule has 1 fully saturated rings. The van der Waals surface area contributed by atoms with Gasteiger partial charge in [0.05, 0.1) is 6.54 Å². The lowest BCUT2D eigenvalue weighted by Crippen LogP contribution is -2.43. The maximum Gasteiger partial charge on any atom is 0.317 e. The minimum Gasteiger partial charge on any atom is -0.480 e. The van der Waals surface area contributed by atoms with Gasteiger partial charge in [0.1, 0.15) is 0 Å². The zero-order valence-electron chi connectivity index (χ0n) is 7.00.